The number of rotatable bonds is 9. The Balaban J connectivity index is 0.00000306. The Bertz CT molecular complexity index is 913. The number of allylic oxidation sites excluding steroid dienone is 2. The molecule has 1 aromatic rings. The fraction of sp³-hybridized carbons (Fsp3) is 0.565. The Hall–Kier alpha value is -2.37. The molecule has 0 aromatic carbocycles. The van der Waals surface area contributed by atoms with Crippen LogP contribution in [0.1, 0.15) is 35.9 Å². The number of fused-ring (bicyclic) bond motifs is 5. The number of imide groups is 1. The zero-order valence-electron chi connectivity index (χ0n) is 19.0. The summed E-state index contributed by atoms with van der Waals surface area (Å²) >= 11 is 0. The highest BCUT2D eigenvalue weighted by atomic mass is 127. The zero-order valence-corrected chi connectivity index (χ0v) is 21.3. The number of aliphatic imine (C=N–C) groups is 1. The molecule has 3 amide bonds. The van der Waals surface area contributed by atoms with E-state index in [1.807, 2.05) is 13.8 Å². The molecule has 4 atom stereocenters. The number of furan rings is 1. The van der Waals surface area contributed by atoms with Crippen LogP contribution in [0, 0.1) is 30.6 Å². The van der Waals surface area contributed by atoms with Gasteiger partial charge in [0, 0.05) is 38.3 Å². The number of nitrogens with zero attached hydrogens (tertiary/aromatic N) is 2. The van der Waals surface area contributed by atoms with Crippen LogP contribution in [0.15, 0.2) is 33.9 Å². The second kappa shape index (κ2) is 11.2. The highest BCUT2D eigenvalue weighted by Crippen LogP contribution is 2.52. The highest BCUT2D eigenvalue weighted by molar-refractivity contribution is 14.0. The third-order valence-corrected chi connectivity index (χ3v) is 6.49. The Labute approximate surface area is 210 Å². The van der Waals surface area contributed by atoms with E-state index in [2.05, 4.69) is 33.1 Å². The first kappa shape index (κ1) is 25.3. The van der Waals surface area contributed by atoms with Crippen LogP contribution in [0.4, 0.5) is 0 Å². The molecule has 33 heavy (non-hydrogen) atoms. The maximum Gasteiger partial charge on any atom is 0.287 e. The van der Waals surface area contributed by atoms with Crippen molar-refractivity contribution in [3.8, 4) is 0 Å². The average molecular weight is 569 g/mol. The van der Waals surface area contributed by atoms with Crippen LogP contribution in [0.3, 0.4) is 0 Å². The van der Waals surface area contributed by atoms with Gasteiger partial charge >= 0.3 is 0 Å². The number of carbonyl (C=O) groups is 3. The lowest BCUT2D eigenvalue weighted by Gasteiger charge is -2.18. The van der Waals surface area contributed by atoms with Crippen LogP contribution in [-0.4, -0.2) is 61.3 Å². The number of likely N-dealkylation sites (tertiary alicyclic amines) is 1. The van der Waals surface area contributed by atoms with Gasteiger partial charge in [-0.1, -0.05) is 12.2 Å². The van der Waals surface area contributed by atoms with Gasteiger partial charge in [-0.05, 0) is 44.6 Å². The number of carbonyl (C=O) groups excluding carboxylic acids is 3. The second-order valence-corrected chi connectivity index (χ2v) is 8.56. The van der Waals surface area contributed by atoms with Gasteiger partial charge in [-0.15, -0.1) is 24.0 Å². The van der Waals surface area contributed by atoms with E-state index in [-0.39, 0.29) is 65.4 Å². The molecule has 0 radical (unpaired) electrons. The summed E-state index contributed by atoms with van der Waals surface area (Å²) in [6.45, 7) is 6.29. The summed E-state index contributed by atoms with van der Waals surface area (Å²) in [5.41, 5.74) is 0.807. The third-order valence-electron chi connectivity index (χ3n) is 6.49. The minimum Gasteiger partial charge on any atom is -0.459 e. The fourth-order valence-electron chi connectivity index (χ4n) is 4.97. The van der Waals surface area contributed by atoms with E-state index in [0.717, 1.165) is 12.0 Å². The molecule has 1 aromatic heterocycles. The average Bonchev–Trinajstić information content (AvgIpc) is 3.54. The normalized spacial score (nSPS) is 25.3. The number of aryl methyl sites for hydroxylation is 1. The first-order valence-corrected chi connectivity index (χ1v) is 11.4. The molecular formula is C23H32IN5O4. The van der Waals surface area contributed by atoms with Gasteiger partial charge < -0.3 is 20.4 Å². The van der Waals surface area contributed by atoms with E-state index in [1.165, 1.54) is 11.2 Å². The Morgan fingerprint density at radius 2 is 1.82 bits per heavy atom. The fourth-order valence-corrected chi connectivity index (χ4v) is 4.97. The second-order valence-electron chi connectivity index (χ2n) is 8.56. The largest absolute Gasteiger partial charge is 0.459 e. The first-order chi connectivity index (χ1) is 15.5. The summed E-state index contributed by atoms with van der Waals surface area (Å²) in [5, 5.41) is 9.18. The molecule has 3 N–H and O–H groups in total. The summed E-state index contributed by atoms with van der Waals surface area (Å²) < 4.78 is 5.18. The maximum atomic E-state index is 12.8. The predicted octanol–water partition coefficient (Wildman–Crippen LogP) is 1.69. The molecule has 4 rings (SSSR count). The minimum absolute atomic E-state index is 0. The molecule has 1 aliphatic heterocycles. The Kier molecular flexibility index (Phi) is 8.55. The Morgan fingerprint density at radius 3 is 2.42 bits per heavy atom. The van der Waals surface area contributed by atoms with Crippen LogP contribution in [-0.2, 0) is 9.59 Å². The molecule has 2 heterocycles. The van der Waals surface area contributed by atoms with Crippen molar-refractivity contribution < 1.29 is 18.8 Å². The molecule has 1 saturated heterocycles. The van der Waals surface area contributed by atoms with Crippen molar-refractivity contribution in [3.05, 3.63) is 35.8 Å². The van der Waals surface area contributed by atoms with Gasteiger partial charge in [-0.25, -0.2) is 0 Å². The molecule has 9 nitrogen and oxygen atoms in total. The van der Waals surface area contributed by atoms with Crippen molar-refractivity contribution in [2.24, 2.45) is 28.7 Å². The predicted molar refractivity (Wildman–Crippen MR) is 134 cm³/mol. The summed E-state index contributed by atoms with van der Waals surface area (Å²) in [6.07, 6.45) is 7.32. The summed E-state index contributed by atoms with van der Waals surface area (Å²) in [4.78, 5) is 43.5. The molecule has 3 aliphatic rings. The van der Waals surface area contributed by atoms with E-state index < -0.39 is 0 Å². The maximum absolute atomic E-state index is 12.8. The molecule has 2 aliphatic carbocycles. The number of halogens is 1. The lowest BCUT2D eigenvalue weighted by Crippen LogP contribution is -2.43. The lowest BCUT2D eigenvalue weighted by atomic mass is 9.85. The summed E-state index contributed by atoms with van der Waals surface area (Å²) in [6, 6.07) is 1.75. The SMILES string of the molecule is CCNC(=NCCCNC(=O)c1occc1C)NCCN1C(=O)C2C3C=CC(C3)C2C1=O.I. The van der Waals surface area contributed by atoms with Crippen molar-refractivity contribution >= 4 is 47.7 Å². The topological polar surface area (TPSA) is 116 Å². The van der Waals surface area contributed by atoms with Crippen LogP contribution < -0.4 is 16.0 Å². The molecule has 10 heteroatoms. The third kappa shape index (κ3) is 5.25. The van der Waals surface area contributed by atoms with Crippen molar-refractivity contribution in [2.75, 3.05) is 32.7 Å². The van der Waals surface area contributed by atoms with Crippen LogP contribution >= 0.6 is 24.0 Å². The van der Waals surface area contributed by atoms with E-state index in [9.17, 15) is 14.4 Å². The molecule has 2 fully saturated rings. The highest BCUT2D eigenvalue weighted by Gasteiger charge is 2.58. The summed E-state index contributed by atoms with van der Waals surface area (Å²) in [7, 11) is 0. The van der Waals surface area contributed by atoms with Crippen LogP contribution in [0.25, 0.3) is 0 Å². The van der Waals surface area contributed by atoms with Gasteiger partial charge in [0.15, 0.2) is 11.7 Å². The van der Waals surface area contributed by atoms with E-state index in [1.54, 1.807) is 6.07 Å². The quantitative estimate of drug-likeness (QED) is 0.104. The van der Waals surface area contributed by atoms with Gasteiger partial charge in [0.25, 0.3) is 5.91 Å². The van der Waals surface area contributed by atoms with Crippen LogP contribution in [0.5, 0.6) is 0 Å². The number of guanidine groups is 1. The van der Waals surface area contributed by atoms with Gasteiger partial charge in [-0.2, -0.15) is 0 Å². The zero-order chi connectivity index (χ0) is 22.7. The first-order valence-electron chi connectivity index (χ1n) is 11.4. The van der Waals surface area contributed by atoms with Crippen molar-refractivity contribution in [2.45, 2.75) is 26.7 Å². The number of nitrogens with one attached hydrogen (secondary N) is 3. The molecule has 1 saturated carbocycles. The molecule has 180 valence electrons. The van der Waals surface area contributed by atoms with E-state index in [0.29, 0.717) is 50.9 Å². The minimum atomic E-state index is -0.227. The molecule has 2 bridgehead atoms. The lowest BCUT2D eigenvalue weighted by molar-refractivity contribution is -0.140. The van der Waals surface area contributed by atoms with Gasteiger partial charge in [0.1, 0.15) is 0 Å². The van der Waals surface area contributed by atoms with E-state index in [4.69, 9.17) is 4.42 Å². The van der Waals surface area contributed by atoms with Crippen LogP contribution in [0.2, 0.25) is 0 Å². The Morgan fingerprint density at radius 1 is 1.12 bits per heavy atom. The van der Waals surface area contributed by atoms with Gasteiger partial charge in [0.2, 0.25) is 11.8 Å². The van der Waals surface area contributed by atoms with Gasteiger partial charge in [-0.3, -0.25) is 24.3 Å². The molecule has 0 spiro atoms. The number of amides is 3. The molecule has 4 unspecified atom stereocenters. The standard InChI is InChI=1S/C23H31N5O4.HI/c1-3-24-23(26-9-4-8-25-20(29)19-14(2)7-12-32-19)27-10-11-28-21(30)17-15-5-6-16(13-15)18(17)22(28)31;/h5-7,12,15-18H,3-4,8-11,13H2,1-2H3,(H,25,29)(H2,24,26,27);1H. The van der Waals surface area contributed by atoms with Crippen molar-refractivity contribution in [3.63, 3.8) is 0 Å². The van der Waals surface area contributed by atoms with Crippen molar-refractivity contribution in [1.82, 2.24) is 20.9 Å². The smallest absolute Gasteiger partial charge is 0.287 e. The molecular weight excluding hydrogens is 537 g/mol. The van der Waals surface area contributed by atoms with Gasteiger partial charge in [0.05, 0.1) is 18.1 Å². The number of hydrogen-bond donors (Lipinski definition) is 3. The van der Waals surface area contributed by atoms with E-state index >= 15 is 0 Å². The monoisotopic (exact) mass is 569 g/mol. The summed E-state index contributed by atoms with van der Waals surface area (Å²) in [5.74, 6) is 0.843. The van der Waals surface area contributed by atoms with Crippen molar-refractivity contribution in [1.29, 1.82) is 0 Å². The number of hydrogen-bond acceptors (Lipinski definition) is 5.